The number of ether oxygens (including phenoxy) is 3. The molecule has 1 aliphatic heterocycles. The number of hydrogen-bond donors (Lipinski definition) is 0. The number of rotatable bonds is 4. The highest BCUT2D eigenvalue weighted by Crippen LogP contribution is 2.42. The predicted octanol–water partition coefficient (Wildman–Crippen LogP) is 2.19. The van der Waals surface area contributed by atoms with Crippen molar-refractivity contribution in [3.8, 4) is 17.2 Å². The lowest BCUT2D eigenvalue weighted by atomic mass is 9.84. The lowest BCUT2D eigenvalue weighted by Crippen LogP contribution is -2.53. The van der Waals surface area contributed by atoms with Crippen LogP contribution in [0.1, 0.15) is 33.3 Å². The Kier molecular flexibility index (Phi) is 4.11. The first-order valence-corrected chi connectivity index (χ1v) is 7.25. The van der Waals surface area contributed by atoms with E-state index in [1.165, 1.54) is 21.3 Å². The van der Waals surface area contributed by atoms with Gasteiger partial charge >= 0.3 is 5.84 Å². The molecule has 1 heterocycles. The van der Waals surface area contributed by atoms with Crippen molar-refractivity contribution in [2.75, 3.05) is 21.3 Å². The van der Waals surface area contributed by atoms with Crippen LogP contribution in [0.4, 0.5) is 0 Å². The molecule has 0 bridgehead atoms. The molecule has 1 radical (unpaired) electrons. The van der Waals surface area contributed by atoms with Gasteiger partial charge < -0.3 is 19.4 Å². The van der Waals surface area contributed by atoms with Gasteiger partial charge in [0.15, 0.2) is 17.0 Å². The Balaban J connectivity index is 2.70. The summed E-state index contributed by atoms with van der Waals surface area (Å²) in [6.45, 7) is 6.98. The first-order chi connectivity index (χ1) is 10.6. The molecular weight excluding hydrogens is 300 g/mol. The van der Waals surface area contributed by atoms with Crippen LogP contribution >= 0.6 is 0 Å². The van der Waals surface area contributed by atoms with Crippen molar-refractivity contribution in [2.24, 2.45) is 0 Å². The minimum Gasteiger partial charge on any atom is -0.714 e. The maximum absolute atomic E-state index is 12.7. The zero-order chi connectivity index (χ0) is 17.6. The summed E-state index contributed by atoms with van der Waals surface area (Å²) in [6.07, 6.45) is 0. The summed E-state index contributed by atoms with van der Waals surface area (Å²) < 4.78 is 16.6. The Morgan fingerprint density at radius 1 is 1.00 bits per heavy atom. The van der Waals surface area contributed by atoms with Crippen LogP contribution < -0.4 is 14.2 Å². The van der Waals surface area contributed by atoms with Crippen LogP contribution in [-0.4, -0.2) is 48.0 Å². The Labute approximate surface area is 136 Å². The molecule has 0 amide bonds. The fourth-order valence-corrected chi connectivity index (χ4v) is 2.55. The van der Waals surface area contributed by atoms with E-state index >= 15 is 0 Å². The number of benzene rings is 1. The SMILES string of the molecule is COc1cc(C2=[N+]([O-])C(C)(C)C(C)(C)N2[O])cc(OC)c1OC. The molecule has 1 aromatic carbocycles. The van der Waals surface area contributed by atoms with Crippen LogP contribution in [0.5, 0.6) is 17.2 Å². The van der Waals surface area contributed by atoms with Gasteiger partial charge in [0.25, 0.3) is 0 Å². The molecular formula is C16H23N2O5. The predicted molar refractivity (Wildman–Crippen MR) is 84.5 cm³/mol. The smallest absolute Gasteiger partial charge is 0.317 e. The van der Waals surface area contributed by atoms with E-state index in [-0.39, 0.29) is 5.84 Å². The van der Waals surface area contributed by atoms with Gasteiger partial charge in [-0.05, 0) is 39.8 Å². The van der Waals surface area contributed by atoms with Gasteiger partial charge in [0.05, 0.1) is 26.9 Å². The molecule has 0 atom stereocenters. The Bertz CT molecular complexity index is 627. The molecule has 7 nitrogen and oxygen atoms in total. The summed E-state index contributed by atoms with van der Waals surface area (Å²) in [5.74, 6) is 1.21. The van der Waals surface area contributed by atoms with Gasteiger partial charge in [-0.2, -0.15) is 0 Å². The standard InChI is InChI=1S/C16H23N2O5/c1-15(2)16(3,4)18(20)14(17(15)19)10-8-11(21-5)13(23-7)12(9-10)22-6/h8-9H,1-7H3. The zero-order valence-electron chi connectivity index (χ0n) is 14.6. The molecule has 127 valence electrons. The van der Waals surface area contributed by atoms with Gasteiger partial charge in [-0.1, -0.05) is 5.06 Å². The third-order valence-electron chi connectivity index (χ3n) is 4.82. The van der Waals surface area contributed by atoms with E-state index < -0.39 is 11.1 Å². The molecule has 0 fully saturated rings. The van der Waals surface area contributed by atoms with Crippen LogP contribution in [0.2, 0.25) is 0 Å². The Hall–Kier alpha value is -2.15. The van der Waals surface area contributed by atoms with Crippen molar-refractivity contribution in [2.45, 2.75) is 38.8 Å². The third-order valence-corrected chi connectivity index (χ3v) is 4.82. The van der Waals surface area contributed by atoms with E-state index in [1.807, 2.05) is 0 Å². The minimum absolute atomic E-state index is 0.0271. The monoisotopic (exact) mass is 323 g/mol. The first kappa shape index (κ1) is 17.2. The summed E-state index contributed by atoms with van der Waals surface area (Å²) >= 11 is 0. The second-order valence-electron chi connectivity index (χ2n) is 6.44. The fourth-order valence-electron chi connectivity index (χ4n) is 2.55. The van der Waals surface area contributed by atoms with Crippen LogP contribution in [-0.2, 0) is 5.21 Å². The van der Waals surface area contributed by atoms with E-state index in [9.17, 15) is 10.4 Å². The average Bonchev–Trinajstić information content (AvgIpc) is 2.63. The quantitative estimate of drug-likeness (QED) is 0.627. The second-order valence-corrected chi connectivity index (χ2v) is 6.44. The molecule has 0 N–H and O–H groups in total. The van der Waals surface area contributed by atoms with Gasteiger partial charge in [-0.15, -0.1) is 0 Å². The number of hydrogen-bond acceptors (Lipinski definition) is 5. The molecule has 23 heavy (non-hydrogen) atoms. The fraction of sp³-hybridized carbons (Fsp3) is 0.562. The molecule has 1 aromatic rings. The van der Waals surface area contributed by atoms with Gasteiger partial charge in [-0.25, -0.2) is 0 Å². The van der Waals surface area contributed by atoms with Crippen molar-refractivity contribution in [3.63, 3.8) is 0 Å². The number of nitrogens with zero attached hydrogens (tertiary/aromatic N) is 2. The van der Waals surface area contributed by atoms with Gasteiger partial charge in [-0.3, -0.25) is 4.74 Å². The molecule has 7 heteroatoms. The molecule has 0 unspecified atom stereocenters. The molecule has 0 aliphatic carbocycles. The van der Waals surface area contributed by atoms with Gasteiger partial charge in [0, 0.05) is 5.21 Å². The van der Waals surface area contributed by atoms with Gasteiger partial charge in [0.1, 0.15) is 5.54 Å². The molecule has 2 rings (SSSR count). The lowest BCUT2D eigenvalue weighted by Gasteiger charge is -2.32. The van der Waals surface area contributed by atoms with Crippen LogP contribution in [0.3, 0.4) is 0 Å². The Morgan fingerprint density at radius 2 is 1.48 bits per heavy atom. The molecule has 0 saturated heterocycles. The highest BCUT2D eigenvalue weighted by molar-refractivity contribution is 5.97. The van der Waals surface area contributed by atoms with Crippen LogP contribution in [0.15, 0.2) is 12.1 Å². The zero-order valence-corrected chi connectivity index (χ0v) is 14.6. The van der Waals surface area contributed by atoms with Crippen molar-refractivity contribution in [1.82, 2.24) is 5.06 Å². The van der Waals surface area contributed by atoms with Gasteiger partial charge in [0.2, 0.25) is 5.75 Å². The first-order valence-electron chi connectivity index (χ1n) is 7.25. The molecule has 0 spiro atoms. The molecule has 1 aliphatic rings. The third kappa shape index (κ3) is 2.26. The maximum Gasteiger partial charge on any atom is 0.317 e. The highest BCUT2D eigenvalue weighted by Gasteiger charge is 2.60. The lowest BCUT2D eigenvalue weighted by molar-refractivity contribution is -0.539. The van der Waals surface area contributed by atoms with E-state index in [4.69, 9.17) is 14.2 Å². The Morgan fingerprint density at radius 3 is 1.78 bits per heavy atom. The summed E-state index contributed by atoms with van der Waals surface area (Å²) in [5, 5.41) is 26.2. The van der Waals surface area contributed by atoms with Crippen molar-refractivity contribution in [3.05, 3.63) is 22.9 Å². The number of amidine groups is 1. The largest absolute Gasteiger partial charge is 0.714 e. The minimum atomic E-state index is -0.884. The molecule has 0 aromatic heterocycles. The van der Waals surface area contributed by atoms with E-state index in [2.05, 4.69) is 0 Å². The number of hydroxylamine groups is 3. The van der Waals surface area contributed by atoms with E-state index in [1.54, 1.807) is 39.8 Å². The summed E-state index contributed by atoms with van der Waals surface area (Å²) in [7, 11) is 4.46. The topological polar surface area (TPSA) is 76.9 Å². The van der Waals surface area contributed by atoms with E-state index in [0.717, 1.165) is 9.80 Å². The van der Waals surface area contributed by atoms with Crippen LogP contribution in [0, 0.1) is 5.21 Å². The normalized spacial score (nSPS) is 19.0. The average molecular weight is 323 g/mol. The number of methoxy groups -OCH3 is 3. The van der Waals surface area contributed by atoms with E-state index in [0.29, 0.717) is 22.8 Å². The summed E-state index contributed by atoms with van der Waals surface area (Å²) in [6, 6.07) is 3.20. The maximum atomic E-state index is 12.7. The highest BCUT2D eigenvalue weighted by atomic mass is 16.5. The van der Waals surface area contributed by atoms with Crippen molar-refractivity contribution < 1.29 is 24.2 Å². The molecule has 0 saturated carbocycles. The van der Waals surface area contributed by atoms with Crippen LogP contribution in [0.25, 0.3) is 0 Å². The van der Waals surface area contributed by atoms with Crippen molar-refractivity contribution >= 4 is 5.84 Å². The second kappa shape index (κ2) is 5.49. The van der Waals surface area contributed by atoms with Crippen molar-refractivity contribution in [1.29, 1.82) is 0 Å². The summed E-state index contributed by atoms with van der Waals surface area (Å²) in [4.78, 5) is 0. The summed E-state index contributed by atoms with van der Waals surface area (Å²) in [5.41, 5.74) is -1.35.